The highest BCUT2D eigenvalue weighted by molar-refractivity contribution is 9.10. The topological polar surface area (TPSA) is 62.3 Å². The smallest absolute Gasteiger partial charge is 0.225 e. The molecule has 0 aliphatic heterocycles. The second kappa shape index (κ2) is 9.83. The minimum absolute atomic E-state index is 0.401. The molecule has 0 saturated heterocycles. The van der Waals surface area contributed by atoms with Crippen molar-refractivity contribution in [3.05, 3.63) is 52.5 Å². The molecule has 6 nitrogen and oxygen atoms in total. The molecule has 0 amide bonds. The van der Waals surface area contributed by atoms with Gasteiger partial charge in [0.15, 0.2) is 0 Å². The third-order valence-electron chi connectivity index (χ3n) is 5.90. The van der Waals surface area contributed by atoms with Gasteiger partial charge in [-0.25, -0.2) is 4.98 Å². The number of fused-ring (bicyclic) bond motifs is 1. The van der Waals surface area contributed by atoms with Crippen LogP contribution in [0.25, 0.3) is 10.9 Å². The summed E-state index contributed by atoms with van der Waals surface area (Å²) in [6, 6.07) is 15.2. The molecule has 1 saturated carbocycles. The summed E-state index contributed by atoms with van der Waals surface area (Å²) in [7, 11) is 5.75. The highest BCUT2D eigenvalue weighted by Gasteiger charge is 2.22. The fourth-order valence-electron chi connectivity index (χ4n) is 4.16. The molecule has 3 aromatic rings. The first-order valence-corrected chi connectivity index (χ1v) is 11.6. The van der Waals surface area contributed by atoms with Crippen LogP contribution in [0.5, 0.6) is 5.75 Å². The number of para-hydroxylation sites is 1. The van der Waals surface area contributed by atoms with E-state index in [9.17, 15) is 0 Å². The van der Waals surface area contributed by atoms with Crippen LogP contribution in [0, 0.1) is 0 Å². The predicted molar refractivity (Wildman–Crippen MR) is 131 cm³/mol. The van der Waals surface area contributed by atoms with E-state index < -0.39 is 0 Å². The molecule has 1 aliphatic rings. The summed E-state index contributed by atoms with van der Waals surface area (Å²) in [6.45, 7) is 0.834. The maximum Gasteiger partial charge on any atom is 0.225 e. The van der Waals surface area contributed by atoms with Crippen LogP contribution in [0.2, 0.25) is 0 Å². The molecule has 4 rings (SSSR count). The highest BCUT2D eigenvalue weighted by atomic mass is 79.9. The quantitative estimate of drug-likeness (QED) is 0.493. The lowest BCUT2D eigenvalue weighted by Gasteiger charge is -2.30. The third-order valence-corrected chi connectivity index (χ3v) is 6.67. The van der Waals surface area contributed by atoms with Gasteiger partial charge in [0.25, 0.3) is 0 Å². The normalized spacial score (nSPS) is 18.7. The lowest BCUT2D eigenvalue weighted by molar-refractivity contribution is 0.351. The highest BCUT2D eigenvalue weighted by Crippen LogP contribution is 2.27. The summed E-state index contributed by atoms with van der Waals surface area (Å²) in [4.78, 5) is 11.6. The zero-order chi connectivity index (χ0) is 21.8. The zero-order valence-corrected chi connectivity index (χ0v) is 19.9. The minimum atomic E-state index is 0.401. The van der Waals surface area contributed by atoms with Crippen LogP contribution in [-0.4, -0.2) is 43.3 Å². The number of ether oxygens (including phenoxy) is 1. The predicted octanol–water partition coefficient (Wildman–Crippen LogP) is 4.98. The number of rotatable bonds is 7. The molecule has 2 N–H and O–H groups in total. The molecule has 0 atom stereocenters. The van der Waals surface area contributed by atoms with Gasteiger partial charge < -0.3 is 20.3 Å². The molecule has 1 aliphatic carbocycles. The summed E-state index contributed by atoms with van der Waals surface area (Å²) in [6.07, 6.45) is 4.47. The van der Waals surface area contributed by atoms with Gasteiger partial charge in [-0.2, -0.15) is 4.98 Å². The van der Waals surface area contributed by atoms with Crippen LogP contribution in [-0.2, 0) is 6.54 Å². The van der Waals surface area contributed by atoms with E-state index in [0.29, 0.717) is 12.1 Å². The summed E-state index contributed by atoms with van der Waals surface area (Å²) < 4.78 is 6.46. The van der Waals surface area contributed by atoms with Gasteiger partial charge in [-0.15, -0.1) is 0 Å². The Morgan fingerprint density at radius 2 is 1.77 bits per heavy atom. The summed E-state index contributed by atoms with van der Waals surface area (Å²) in [5, 5.41) is 8.38. The third kappa shape index (κ3) is 5.28. The van der Waals surface area contributed by atoms with Gasteiger partial charge in [0.2, 0.25) is 5.95 Å². The molecule has 1 aromatic heterocycles. The standard InChI is InChI=1S/C24H30BrN5O/c1-30(2)23-20-6-4-5-7-22(20)28-24(29-23)27-18-10-8-17(9-11-18)26-15-16-14-19(31-3)12-13-21(16)25/h4-7,12-14,17-18,26H,8-11,15H2,1-3H3,(H,27,28,29)/t17-,18+. The Hall–Kier alpha value is -2.38. The van der Waals surface area contributed by atoms with Crippen LogP contribution >= 0.6 is 15.9 Å². The van der Waals surface area contributed by atoms with Crippen molar-refractivity contribution in [1.29, 1.82) is 0 Å². The van der Waals surface area contributed by atoms with Crippen molar-refractivity contribution in [2.24, 2.45) is 0 Å². The molecular weight excluding hydrogens is 454 g/mol. The van der Waals surface area contributed by atoms with E-state index in [0.717, 1.165) is 65.1 Å². The Morgan fingerprint density at radius 1 is 1.03 bits per heavy atom. The van der Waals surface area contributed by atoms with Gasteiger partial charge in [-0.1, -0.05) is 28.1 Å². The number of benzene rings is 2. The van der Waals surface area contributed by atoms with Crippen LogP contribution in [0.1, 0.15) is 31.2 Å². The first-order valence-electron chi connectivity index (χ1n) is 10.8. The fourth-order valence-corrected chi connectivity index (χ4v) is 4.54. The number of aromatic nitrogens is 2. The van der Waals surface area contributed by atoms with E-state index in [1.54, 1.807) is 7.11 Å². The molecule has 1 fully saturated rings. The molecule has 0 unspecified atom stereocenters. The molecule has 31 heavy (non-hydrogen) atoms. The Bertz CT molecular complexity index is 1030. The number of hydrogen-bond donors (Lipinski definition) is 2. The molecule has 0 radical (unpaired) electrons. The lowest BCUT2D eigenvalue weighted by Crippen LogP contribution is -2.37. The van der Waals surface area contributed by atoms with E-state index in [-0.39, 0.29) is 0 Å². The average molecular weight is 484 g/mol. The minimum Gasteiger partial charge on any atom is -0.497 e. The zero-order valence-electron chi connectivity index (χ0n) is 18.4. The summed E-state index contributed by atoms with van der Waals surface area (Å²) in [5.41, 5.74) is 2.20. The van der Waals surface area contributed by atoms with Gasteiger partial charge in [0.1, 0.15) is 11.6 Å². The van der Waals surface area contributed by atoms with Crippen LogP contribution < -0.4 is 20.3 Å². The van der Waals surface area contributed by atoms with E-state index >= 15 is 0 Å². The maximum atomic E-state index is 5.35. The lowest BCUT2D eigenvalue weighted by atomic mass is 9.91. The first-order chi connectivity index (χ1) is 15.0. The van der Waals surface area contributed by atoms with Crippen LogP contribution in [0.15, 0.2) is 46.9 Å². The van der Waals surface area contributed by atoms with Crippen molar-refractivity contribution < 1.29 is 4.74 Å². The van der Waals surface area contributed by atoms with Crippen molar-refractivity contribution in [2.75, 3.05) is 31.4 Å². The summed E-state index contributed by atoms with van der Waals surface area (Å²) in [5.74, 6) is 2.56. The average Bonchev–Trinajstić information content (AvgIpc) is 2.79. The Kier molecular flexibility index (Phi) is 6.92. The van der Waals surface area contributed by atoms with E-state index in [2.05, 4.69) is 38.7 Å². The van der Waals surface area contributed by atoms with Gasteiger partial charge in [0, 0.05) is 42.6 Å². The second-order valence-corrected chi connectivity index (χ2v) is 9.17. The molecule has 7 heteroatoms. The number of halogens is 1. The van der Waals surface area contributed by atoms with Crippen molar-refractivity contribution in [3.8, 4) is 5.75 Å². The van der Waals surface area contributed by atoms with Crippen LogP contribution in [0.3, 0.4) is 0 Å². The molecule has 2 aromatic carbocycles. The fraction of sp³-hybridized carbons (Fsp3) is 0.417. The van der Waals surface area contributed by atoms with Crippen molar-refractivity contribution in [1.82, 2.24) is 15.3 Å². The molecule has 0 spiro atoms. The largest absolute Gasteiger partial charge is 0.497 e. The molecule has 0 bridgehead atoms. The van der Waals surface area contributed by atoms with E-state index in [4.69, 9.17) is 14.7 Å². The van der Waals surface area contributed by atoms with Crippen LogP contribution in [0.4, 0.5) is 11.8 Å². The summed E-state index contributed by atoms with van der Waals surface area (Å²) >= 11 is 3.64. The van der Waals surface area contributed by atoms with Crippen molar-refractivity contribution in [3.63, 3.8) is 0 Å². The van der Waals surface area contributed by atoms with Gasteiger partial charge in [-0.3, -0.25) is 0 Å². The Balaban J connectivity index is 1.34. The molecule has 164 valence electrons. The second-order valence-electron chi connectivity index (χ2n) is 8.31. The molecular formula is C24H30BrN5O. The Labute approximate surface area is 192 Å². The maximum absolute atomic E-state index is 5.35. The number of methoxy groups -OCH3 is 1. The van der Waals surface area contributed by atoms with Gasteiger partial charge >= 0.3 is 0 Å². The molecule has 1 heterocycles. The first kappa shape index (κ1) is 21.8. The Morgan fingerprint density at radius 3 is 2.52 bits per heavy atom. The number of anilines is 2. The van der Waals surface area contributed by atoms with Gasteiger partial charge in [-0.05, 0) is 61.6 Å². The number of nitrogens with zero attached hydrogens (tertiary/aromatic N) is 3. The number of hydrogen-bond acceptors (Lipinski definition) is 6. The van der Waals surface area contributed by atoms with Gasteiger partial charge in [0.05, 0.1) is 12.6 Å². The van der Waals surface area contributed by atoms with Crippen molar-refractivity contribution in [2.45, 2.75) is 44.3 Å². The van der Waals surface area contributed by atoms with Crippen molar-refractivity contribution >= 4 is 38.6 Å². The van der Waals surface area contributed by atoms with E-state index in [1.807, 2.05) is 49.3 Å². The number of nitrogens with one attached hydrogen (secondary N) is 2. The SMILES string of the molecule is COc1ccc(Br)c(CN[C@H]2CC[C@@H](Nc3nc(N(C)C)c4ccccc4n3)CC2)c1. The van der Waals surface area contributed by atoms with E-state index in [1.165, 1.54) is 5.56 Å². The monoisotopic (exact) mass is 483 g/mol.